The van der Waals surface area contributed by atoms with E-state index in [1.165, 1.54) is 6.42 Å². The van der Waals surface area contributed by atoms with E-state index < -0.39 is 17.9 Å². The molecule has 1 amide bonds. The zero-order chi connectivity index (χ0) is 14.0. The maximum atomic E-state index is 11.4. The van der Waals surface area contributed by atoms with Crippen molar-refractivity contribution in [2.75, 3.05) is 0 Å². The number of carboxylic acid groups (broad SMARTS) is 1. The molecule has 104 valence electrons. The fraction of sp³-hybridized carbons (Fsp3) is 0.571. The lowest BCUT2D eigenvalue weighted by Crippen LogP contribution is -2.26. The Hall–Kier alpha value is -1.78. The van der Waals surface area contributed by atoms with E-state index in [0.29, 0.717) is 5.56 Å². The Balaban J connectivity index is 2.43. The van der Waals surface area contributed by atoms with Gasteiger partial charge in [-0.15, -0.1) is 0 Å². The van der Waals surface area contributed by atoms with Gasteiger partial charge >= 0.3 is 5.97 Å². The number of carbonyl (C=O) groups excluding carboxylic acids is 1. The van der Waals surface area contributed by atoms with E-state index in [1.807, 2.05) is 0 Å². The molecule has 1 unspecified atom stereocenters. The number of aromatic carboxylic acids is 1. The zero-order valence-electron chi connectivity index (χ0n) is 11.1. The third kappa shape index (κ3) is 2.64. The van der Waals surface area contributed by atoms with E-state index in [2.05, 4.69) is 0 Å². The number of nitrogens with zero attached hydrogens (tertiary/aromatic N) is 1. The fourth-order valence-corrected chi connectivity index (χ4v) is 2.92. The first-order chi connectivity index (χ1) is 9.02. The minimum atomic E-state index is -0.934. The maximum absolute atomic E-state index is 11.4. The lowest BCUT2D eigenvalue weighted by molar-refractivity contribution is -0.120. The highest BCUT2D eigenvalue weighted by Gasteiger charge is 2.27. The zero-order valence-corrected chi connectivity index (χ0v) is 11.1. The van der Waals surface area contributed by atoms with Gasteiger partial charge in [-0.2, -0.15) is 0 Å². The summed E-state index contributed by atoms with van der Waals surface area (Å²) in [7, 11) is 0. The molecule has 1 saturated carbocycles. The average Bonchev–Trinajstić information content (AvgIpc) is 2.83. The molecule has 1 aliphatic rings. The Bertz CT molecular complexity index is 487. The molecule has 1 fully saturated rings. The quantitative estimate of drug-likeness (QED) is 0.874. The molecule has 0 spiro atoms. The molecule has 3 N–H and O–H groups in total. The van der Waals surface area contributed by atoms with E-state index in [1.54, 1.807) is 23.8 Å². The van der Waals surface area contributed by atoms with Crippen LogP contribution in [-0.2, 0) is 4.79 Å². The summed E-state index contributed by atoms with van der Waals surface area (Å²) in [5.41, 5.74) is 6.41. The van der Waals surface area contributed by atoms with Crippen molar-refractivity contribution in [3.8, 4) is 0 Å². The van der Waals surface area contributed by atoms with Crippen LogP contribution in [0.5, 0.6) is 0 Å². The smallest absolute Gasteiger partial charge is 0.337 e. The molecular weight excluding hydrogens is 244 g/mol. The second-order valence-corrected chi connectivity index (χ2v) is 5.24. The first kappa shape index (κ1) is 13.6. The number of hydrogen-bond donors (Lipinski definition) is 2. The number of carbonyl (C=O) groups is 2. The van der Waals surface area contributed by atoms with Crippen LogP contribution in [0.15, 0.2) is 12.3 Å². The maximum Gasteiger partial charge on any atom is 0.337 e. The van der Waals surface area contributed by atoms with E-state index in [4.69, 9.17) is 5.73 Å². The molecule has 1 aliphatic carbocycles. The Morgan fingerprint density at radius 1 is 1.37 bits per heavy atom. The molecule has 0 saturated heterocycles. The van der Waals surface area contributed by atoms with Crippen LogP contribution in [0.4, 0.5) is 0 Å². The van der Waals surface area contributed by atoms with Gasteiger partial charge in [0.25, 0.3) is 0 Å². The SMILES string of the molecule is CC(C(N)=O)n1ccc(C(=O)O)c1C1CCCCC1. The monoisotopic (exact) mass is 264 g/mol. The number of amides is 1. The van der Waals surface area contributed by atoms with Crippen LogP contribution in [0, 0.1) is 0 Å². The normalized spacial score (nSPS) is 18.2. The highest BCUT2D eigenvalue weighted by molar-refractivity contribution is 5.89. The van der Waals surface area contributed by atoms with Crippen molar-refractivity contribution in [1.29, 1.82) is 0 Å². The van der Waals surface area contributed by atoms with Gasteiger partial charge in [-0.25, -0.2) is 4.79 Å². The van der Waals surface area contributed by atoms with E-state index in [0.717, 1.165) is 31.4 Å². The van der Waals surface area contributed by atoms with Crippen LogP contribution in [0.2, 0.25) is 0 Å². The number of aromatic nitrogens is 1. The molecule has 0 aliphatic heterocycles. The van der Waals surface area contributed by atoms with Crippen LogP contribution in [0.25, 0.3) is 0 Å². The van der Waals surface area contributed by atoms with Crippen molar-refractivity contribution in [3.63, 3.8) is 0 Å². The second-order valence-electron chi connectivity index (χ2n) is 5.24. The standard InChI is InChI=1S/C14H20N2O3/c1-9(13(15)17)16-8-7-11(14(18)19)12(16)10-5-3-2-4-6-10/h7-10H,2-6H2,1H3,(H2,15,17)(H,18,19). The average molecular weight is 264 g/mol. The number of carboxylic acids is 1. The van der Waals surface area contributed by atoms with Crippen molar-refractivity contribution in [1.82, 2.24) is 4.57 Å². The van der Waals surface area contributed by atoms with E-state index in [-0.39, 0.29) is 5.92 Å². The molecular formula is C14H20N2O3. The number of rotatable bonds is 4. The first-order valence-corrected chi connectivity index (χ1v) is 6.75. The van der Waals surface area contributed by atoms with Crippen molar-refractivity contribution >= 4 is 11.9 Å². The number of hydrogen-bond acceptors (Lipinski definition) is 2. The van der Waals surface area contributed by atoms with Gasteiger partial charge in [0.05, 0.1) is 5.56 Å². The number of primary amides is 1. The molecule has 0 bridgehead atoms. The van der Waals surface area contributed by atoms with Gasteiger partial charge in [-0.05, 0) is 25.8 Å². The minimum Gasteiger partial charge on any atom is -0.478 e. The van der Waals surface area contributed by atoms with Gasteiger partial charge in [-0.1, -0.05) is 19.3 Å². The van der Waals surface area contributed by atoms with Gasteiger partial charge < -0.3 is 15.4 Å². The van der Waals surface area contributed by atoms with Crippen LogP contribution in [-0.4, -0.2) is 21.6 Å². The minimum absolute atomic E-state index is 0.219. The van der Waals surface area contributed by atoms with Crippen molar-refractivity contribution in [3.05, 3.63) is 23.5 Å². The molecule has 1 heterocycles. The molecule has 0 aromatic carbocycles. The Kier molecular flexibility index (Phi) is 3.93. The predicted octanol–water partition coefficient (Wildman–Crippen LogP) is 2.28. The van der Waals surface area contributed by atoms with Crippen LogP contribution < -0.4 is 5.73 Å². The van der Waals surface area contributed by atoms with Crippen molar-refractivity contribution < 1.29 is 14.7 Å². The van der Waals surface area contributed by atoms with Crippen LogP contribution in [0.3, 0.4) is 0 Å². The van der Waals surface area contributed by atoms with Gasteiger partial charge in [0.1, 0.15) is 6.04 Å². The largest absolute Gasteiger partial charge is 0.478 e. The van der Waals surface area contributed by atoms with Crippen LogP contribution in [0.1, 0.15) is 67.0 Å². The molecule has 1 atom stereocenters. The van der Waals surface area contributed by atoms with Gasteiger partial charge in [-0.3, -0.25) is 4.79 Å². The lowest BCUT2D eigenvalue weighted by atomic mass is 9.85. The summed E-state index contributed by atoms with van der Waals surface area (Å²) < 4.78 is 1.74. The van der Waals surface area contributed by atoms with Gasteiger partial charge in [0.2, 0.25) is 5.91 Å². The third-order valence-electron chi connectivity index (χ3n) is 4.01. The van der Waals surface area contributed by atoms with E-state index in [9.17, 15) is 14.7 Å². The highest BCUT2D eigenvalue weighted by Crippen LogP contribution is 2.36. The topological polar surface area (TPSA) is 85.3 Å². The van der Waals surface area contributed by atoms with Gasteiger partial charge in [0.15, 0.2) is 0 Å². The van der Waals surface area contributed by atoms with Crippen molar-refractivity contribution in [2.45, 2.75) is 51.0 Å². The Morgan fingerprint density at radius 2 is 2.00 bits per heavy atom. The Morgan fingerprint density at radius 3 is 2.53 bits per heavy atom. The number of nitrogens with two attached hydrogens (primary N) is 1. The van der Waals surface area contributed by atoms with Crippen LogP contribution >= 0.6 is 0 Å². The lowest BCUT2D eigenvalue weighted by Gasteiger charge is -2.26. The summed E-state index contributed by atoms with van der Waals surface area (Å²) in [5, 5.41) is 9.30. The van der Waals surface area contributed by atoms with Gasteiger partial charge in [0, 0.05) is 17.8 Å². The highest BCUT2D eigenvalue weighted by atomic mass is 16.4. The summed E-state index contributed by atoms with van der Waals surface area (Å²) in [6, 6.07) is 1.07. The molecule has 19 heavy (non-hydrogen) atoms. The molecule has 0 radical (unpaired) electrons. The summed E-state index contributed by atoms with van der Waals surface area (Å²) in [6.07, 6.45) is 7.05. The molecule has 5 nitrogen and oxygen atoms in total. The van der Waals surface area contributed by atoms with E-state index >= 15 is 0 Å². The summed E-state index contributed by atoms with van der Waals surface area (Å²) >= 11 is 0. The van der Waals surface area contributed by atoms with Crippen molar-refractivity contribution in [2.24, 2.45) is 5.73 Å². The molecule has 1 aromatic rings. The summed E-state index contributed by atoms with van der Waals surface area (Å²) in [5.74, 6) is -1.16. The molecule has 1 aromatic heterocycles. The summed E-state index contributed by atoms with van der Waals surface area (Å²) in [6.45, 7) is 1.71. The Labute approximate surface area is 112 Å². The molecule has 5 heteroatoms. The predicted molar refractivity (Wildman–Crippen MR) is 71.1 cm³/mol. The fourth-order valence-electron chi connectivity index (χ4n) is 2.92. The second kappa shape index (κ2) is 5.47. The summed E-state index contributed by atoms with van der Waals surface area (Å²) in [4.78, 5) is 22.7. The first-order valence-electron chi connectivity index (χ1n) is 6.75. The molecule has 2 rings (SSSR count). The third-order valence-corrected chi connectivity index (χ3v) is 4.01.